The zero-order valence-corrected chi connectivity index (χ0v) is 18.3. The summed E-state index contributed by atoms with van der Waals surface area (Å²) in [7, 11) is 0. The predicted octanol–water partition coefficient (Wildman–Crippen LogP) is 3.92. The minimum absolute atomic E-state index is 0.197. The lowest BCUT2D eigenvalue weighted by Gasteiger charge is -2.14. The third-order valence-corrected chi connectivity index (χ3v) is 5.53. The van der Waals surface area contributed by atoms with Gasteiger partial charge in [-0.15, -0.1) is 0 Å². The molecule has 0 aliphatic carbocycles. The molecule has 2 heterocycles. The molecule has 4 rings (SSSR count). The smallest absolute Gasteiger partial charge is 0.414 e. The summed E-state index contributed by atoms with van der Waals surface area (Å²) in [5.41, 5.74) is 3.95. The number of benzene rings is 2. The molecule has 1 fully saturated rings. The molecule has 1 aromatic heterocycles. The molecular weight excluding hydrogens is 423 g/mol. The van der Waals surface area contributed by atoms with Crippen LogP contribution in [0.5, 0.6) is 0 Å². The number of halogens is 1. The maximum absolute atomic E-state index is 14.9. The largest absolute Gasteiger partial charge is 0.442 e. The maximum atomic E-state index is 14.9. The van der Waals surface area contributed by atoms with E-state index in [1.165, 1.54) is 29.8 Å². The summed E-state index contributed by atoms with van der Waals surface area (Å²) in [5.74, 6) is -0.612. The summed E-state index contributed by atoms with van der Waals surface area (Å²) in [6, 6.07) is 12.6. The van der Waals surface area contributed by atoms with Crippen LogP contribution in [0.2, 0.25) is 0 Å². The molecule has 0 bridgehead atoms. The molecule has 0 unspecified atom stereocenters. The second-order valence-corrected chi connectivity index (χ2v) is 8.01. The maximum Gasteiger partial charge on any atom is 0.414 e. The van der Waals surface area contributed by atoms with Crippen molar-refractivity contribution < 1.29 is 18.7 Å². The number of cyclic esters (lactones) is 1. The Kier molecular flexibility index (Phi) is 6.92. The van der Waals surface area contributed by atoms with Crippen molar-refractivity contribution in [1.82, 2.24) is 15.3 Å². The van der Waals surface area contributed by atoms with Crippen LogP contribution in [0.3, 0.4) is 0 Å². The van der Waals surface area contributed by atoms with E-state index in [9.17, 15) is 14.0 Å². The topological polar surface area (TPSA) is 84.4 Å². The van der Waals surface area contributed by atoms with E-state index in [0.717, 1.165) is 30.4 Å². The first kappa shape index (κ1) is 22.4. The van der Waals surface area contributed by atoms with Crippen LogP contribution in [0.15, 0.2) is 61.2 Å². The average molecular weight is 448 g/mol. The third-order valence-electron chi connectivity index (χ3n) is 5.53. The Morgan fingerprint density at radius 3 is 2.55 bits per heavy atom. The third kappa shape index (κ3) is 5.71. The molecule has 1 aliphatic rings. The molecule has 2 amide bonds. The summed E-state index contributed by atoms with van der Waals surface area (Å²) >= 11 is 0. The van der Waals surface area contributed by atoms with Crippen molar-refractivity contribution >= 4 is 17.7 Å². The first-order valence-electron chi connectivity index (χ1n) is 10.8. The molecule has 2 aromatic carbocycles. The van der Waals surface area contributed by atoms with Gasteiger partial charge < -0.3 is 10.1 Å². The molecule has 1 N–H and O–H groups in total. The number of amides is 2. The number of aromatic nitrogens is 2. The van der Waals surface area contributed by atoms with Gasteiger partial charge in [0.15, 0.2) is 0 Å². The van der Waals surface area contributed by atoms with Gasteiger partial charge in [0.25, 0.3) is 0 Å². The second-order valence-electron chi connectivity index (χ2n) is 8.01. The molecular formula is C25H25FN4O3. The lowest BCUT2D eigenvalue weighted by atomic mass is 10.00. The van der Waals surface area contributed by atoms with Crippen molar-refractivity contribution in [2.45, 2.75) is 32.3 Å². The standard InChI is InChI=1S/C25H25FN4O3/c1-17(31)29-14-22-15-30(25(32)33-22)21-9-10-23(24(26)11-21)20-7-5-18(6-8-20)3-2-4-19-12-27-16-28-13-19/h5-13,16,22H,2-4,14-15H2,1H3,(H,29,31)/t22-/m0/s1. The van der Waals surface area contributed by atoms with Crippen molar-refractivity contribution in [2.75, 3.05) is 18.0 Å². The van der Waals surface area contributed by atoms with Gasteiger partial charge in [-0.1, -0.05) is 24.3 Å². The fourth-order valence-electron chi connectivity index (χ4n) is 3.81. The molecule has 0 saturated carbocycles. The van der Waals surface area contributed by atoms with E-state index in [1.54, 1.807) is 12.1 Å². The SMILES string of the molecule is CC(=O)NC[C@H]1CN(c2ccc(-c3ccc(CCCc4cncnc4)cc3)c(F)c2)C(=O)O1. The average Bonchev–Trinajstić information content (AvgIpc) is 3.19. The highest BCUT2D eigenvalue weighted by atomic mass is 19.1. The highest BCUT2D eigenvalue weighted by Crippen LogP contribution is 2.29. The Hall–Kier alpha value is -3.81. The number of carbonyl (C=O) groups excluding carboxylic acids is 2. The van der Waals surface area contributed by atoms with Crippen LogP contribution < -0.4 is 10.2 Å². The number of nitrogens with zero attached hydrogens (tertiary/aromatic N) is 3. The fourth-order valence-corrected chi connectivity index (χ4v) is 3.81. The van der Waals surface area contributed by atoms with Gasteiger partial charge in [-0.3, -0.25) is 9.69 Å². The number of nitrogens with one attached hydrogen (secondary N) is 1. The Morgan fingerprint density at radius 1 is 1.12 bits per heavy atom. The number of rotatable bonds is 8. The zero-order chi connectivity index (χ0) is 23.2. The van der Waals surface area contributed by atoms with Crippen molar-refractivity contribution in [1.29, 1.82) is 0 Å². The second kappa shape index (κ2) is 10.2. The summed E-state index contributed by atoms with van der Waals surface area (Å²) in [6.45, 7) is 1.88. The zero-order valence-electron chi connectivity index (χ0n) is 18.3. The van der Waals surface area contributed by atoms with Crippen molar-refractivity contribution in [3.05, 3.63) is 78.1 Å². The molecule has 33 heavy (non-hydrogen) atoms. The molecule has 3 aromatic rings. The van der Waals surface area contributed by atoms with E-state index in [0.29, 0.717) is 11.3 Å². The summed E-state index contributed by atoms with van der Waals surface area (Å²) < 4.78 is 20.2. The monoisotopic (exact) mass is 448 g/mol. The van der Waals surface area contributed by atoms with Crippen LogP contribution in [-0.2, 0) is 22.4 Å². The van der Waals surface area contributed by atoms with Gasteiger partial charge in [0.1, 0.15) is 18.2 Å². The molecule has 1 saturated heterocycles. The van der Waals surface area contributed by atoms with Gasteiger partial charge in [-0.2, -0.15) is 0 Å². The van der Waals surface area contributed by atoms with Gasteiger partial charge in [-0.25, -0.2) is 19.2 Å². The number of carbonyl (C=O) groups is 2. The van der Waals surface area contributed by atoms with Crippen LogP contribution >= 0.6 is 0 Å². The molecule has 8 heteroatoms. The van der Waals surface area contributed by atoms with E-state index in [1.807, 2.05) is 36.7 Å². The molecule has 1 aliphatic heterocycles. The van der Waals surface area contributed by atoms with Gasteiger partial charge in [0.05, 0.1) is 18.8 Å². The molecule has 0 radical (unpaired) electrons. The van der Waals surface area contributed by atoms with Crippen LogP contribution in [0.4, 0.5) is 14.9 Å². The van der Waals surface area contributed by atoms with Crippen LogP contribution in [0.1, 0.15) is 24.5 Å². The highest BCUT2D eigenvalue weighted by Gasteiger charge is 2.32. The van der Waals surface area contributed by atoms with Crippen molar-refractivity contribution in [2.24, 2.45) is 0 Å². The fraction of sp³-hybridized carbons (Fsp3) is 0.280. The normalized spacial score (nSPS) is 15.4. The number of aryl methyl sites for hydroxylation is 2. The van der Waals surface area contributed by atoms with Gasteiger partial charge in [-0.05, 0) is 54.2 Å². The van der Waals surface area contributed by atoms with Crippen molar-refractivity contribution in [3.8, 4) is 11.1 Å². The Bertz CT molecular complexity index is 1120. The molecule has 170 valence electrons. The quantitative estimate of drug-likeness (QED) is 0.565. The molecule has 7 nitrogen and oxygen atoms in total. The summed E-state index contributed by atoms with van der Waals surface area (Å²) in [4.78, 5) is 32.7. The first-order valence-corrected chi connectivity index (χ1v) is 10.8. The Balaban J connectivity index is 1.37. The number of hydrogen-bond donors (Lipinski definition) is 1. The summed E-state index contributed by atoms with van der Waals surface area (Å²) in [5, 5.41) is 2.63. The molecule has 1 atom stereocenters. The van der Waals surface area contributed by atoms with Gasteiger partial charge in [0, 0.05) is 24.9 Å². The van der Waals surface area contributed by atoms with Crippen LogP contribution in [-0.4, -0.2) is 41.2 Å². The number of hydrogen-bond acceptors (Lipinski definition) is 5. The number of anilines is 1. The minimum atomic E-state index is -0.552. The lowest BCUT2D eigenvalue weighted by Crippen LogP contribution is -2.33. The highest BCUT2D eigenvalue weighted by molar-refractivity contribution is 5.90. The van der Waals surface area contributed by atoms with E-state index < -0.39 is 18.0 Å². The summed E-state index contributed by atoms with van der Waals surface area (Å²) in [6.07, 6.45) is 6.95. The minimum Gasteiger partial charge on any atom is -0.442 e. The van der Waals surface area contributed by atoms with E-state index in [-0.39, 0.29) is 19.0 Å². The van der Waals surface area contributed by atoms with Gasteiger partial charge in [0.2, 0.25) is 5.91 Å². The van der Waals surface area contributed by atoms with E-state index in [4.69, 9.17) is 4.74 Å². The van der Waals surface area contributed by atoms with E-state index in [2.05, 4.69) is 15.3 Å². The van der Waals surface area contributed by atoms with Crippen LogP contribution in [0.25, 0.3) is 11.1 Å². The Labute approximate surface area is 191 Å². The van der Waals surface area contributed by atoms with Crippen molar-refractivity contribution in [3.63, 3.8) is 0 Å². The Morgan fingerprint density at radius 2 is 1.85 bits per heavy atom. The van der Waals surface area contributed by atoms with E-state index >= 15 is 0 Å². The first-order chi connectivity index (χ1) is 16.0. The lowest BCUT2D eigenvalue weighted by molar-refractivity contribution is -0.119. The van der Waals surface area contributed by atoms with Crippen LogP contribution in [0, 0.1) is 5.82 Å². The molecule has 0 spiro atoms. The van der Waals surface area contributed by atoms with Gasteiger partial charge >= 0.3 is 6.09 Å². The predicted molar refractivity (Wildman–Crippen MR) is 122 cm³/mol. The number of ether oxygens (including phenoxy) is 1.